The van der Waals surface area contributed by atoms with Crippen LogP contribution >= 0.6 is 23.4 Å². The number of fused-ring (bicyclic) bond motifs is 1. The molecule has 0 spiro atoms. The summed E-state index contributed by atoms with van der Waals surface area (Å²) in [6, 6.07) is 3.78. The van der Waals surface area contributed by atoms with E-state index in [0.717, 1.165) is 54.5 Å². The van der Waals surface area contributed by atoms with E-state index < -0.39 is 6.16 Å². The molecule has 4 rings (SSSR count). The lowest BCUT2D eigenvalue weighted by molar-refractivity contribution is 0.0410. The van der Waals surface area contributed by atoms with Crippen LogP contribution in [0, 0.1) is 0 Å². The molecule has 0 bridgehead atoms. The average Bonchev–Trinajstić information content (AvgIpc) is 3.29. The van der Waals surface area contributed by atoms with Gasteiger partial charge in [0.15, 0.2) is 5.75 Å². The predicted octanol–water partition coefficient (Wildman–Crippen LogP) is 2.88. The molecule has 1 fully saturated rings. The summed E-state index contributed by atoms with van der Waals surface area (Å²) in [7, 11) is 0. The van der Waals surface area contributed by atoms with Crippen molar-refractivity contribution in [2.75, 3.05) is 38.6 Å². The van der Waals surface area contributed by atoms with Crippen molar-refractivity contribution in [2.24, 2.45) is 0 Å². The summed E-state index contributed by atoms with van der Waals surface area (Å²) in [6.45, 7) is 4.50. The van der Waals surface area contributed by atoms with Crippen LogP contribution in [0.3, 0.4) is 0 Å². The summed E-state index contributed by atoms with van der Waals surface area (Å²) in [5, 5.41) is 13.4. The van der Waals surface area contributed by atoms with E-state index in [1.165, 1.54) is 17.1 Å². The van der Waals surface area contributed by atoms with E-state index in [4.69, 9.17) is 21.4 Å². The molecule has 1 saturated heterocycles. The maximum atomic E-state index is 10.6. The van der Waals surface area contributed by atoms with E-state index in [1.807, 2.05) is 12.1 Å². The van der Waals surface area contributed by atoms with Crippen molar-refractivity contribution in [3.8, 4) is 11.7 Å². The smallest absolute Gasteiger partial charge is 0.449 e. The third-order valence-corrected chi connectivity index (χ3v) is 5.73. The number of rotatable bonds is 6. The minimum absolute atomic E-state index is 0.116. The Hall–Kier alpha value is -2.27. The van der Waals surface area contributed by atoms with Crippen molar-refractivity contribution in [1.82, 2.24) is 24.6 Å². The summed E-state index contributed by atoms with van der Waals surface area (Å²) in [4.78, 5) is 21.6. The van der Waals surface area contributed by atoms with Crippen molar-refractivity contribution in [2.45, 2.75) is 4.90 Å². The molecule has 11 heteroatoms. The molecule has 0 saturated carbocycles. The molecule has 2 N–H and O–H groups in total. The fraction of sp³-hybridized carbons (Fsp3) is 0.353. The maximum Gasteiger partial charge on any atom is 0.511 e. The standard InChI is InChI=1S/C17H18ClN5O4S/c18-12-7-13-14(8-15(12)28-6-3-22-1-4-26-5-2-22)21-16(20-13)23-10-11(9-19-23)27-17(24)25/h7-10H,1-6H2,(H,20,21)(H,24,25). The maximum absolute atomic E-state index is 10.6. The van der Waals surface area contributed by atoms with Gasteiger partial charge in [-0.2, -0.15) is 5.10 Å². The Balaban J connectivity index is 1.47. The number of aromatic amines is 1. The summed E-state index contributed by atoms with van der Waals surface area (Å²) in [6.07, 6.45) is 1.35. The Morgan fingerprint density at radius 3 is 3.00 bits per heavy atom. The molecule has 1 aromatic carbocycles. The number of hydrogen-bond donors (Lipinski definition) is 2. The molecule has 148 valence electrons. The second-order valence-corrected chi connectivity index (χ2v) is 7.70. The van der Waals surface area contributed by atoms with Gasteiger partial charge < -0.3 is 19.6 Å². The van der Waals surface area contributed by atoms with Gasteiger partial charge in [0.1, 0.15) is 0 Å². The largest absolute Gasteiger partial charge is 0.511 e. The Bertz CT molecular complexity index is 985. The van der Waals surface area contributed by atoms with Crippen LogP contribution in [0.2, 0.25) is 5.02 Å². The molecule has 28 heavy (non-hydrogen) atoms. The first-order chi connectivity index (χ1) is 13.6. The van der Waals surface area contributed by atoms with Crippen LogP contribution in [0.15, 0.2) is 29.4 Å². The topological polar surface area (TPSA) is 106 Å². The molecule has 0 unspecified atom stereocenters. The van der Waals surface area contributed by atoms with Crippen molar-refractivity contribution >= 4 is 40.6 Å². The first-order valence-electron chi connectivity index (χ1n) is 8.66. The van der Waals surface area contributed by atoms with Gasteiger partial charge in [-0.3, -0.25) is 4.90 Å². The van der Waals surface area contributed by atoms with Crippen molar-refractivity contribution < 1.29 is 19.4 Å². The number of ether oxygens (including phenoxy) is 2. The number of imidazole rings is 1. The molecular formula is C17H18ClN5O4S. The van der Waals surface area contributed by atoms with Crippen LogP contribution in [0.4, 0.5) is 4.79 Å². The number of H-pyrrole nitrogens is 1. The first kappa shape index (κ1) is 19.1. The van der Waals surface area contributed by atoms with Crippen molar-refractivity contribution in [3.05, 3.63) is 29.5 Å². The number of thioether (sulfide) groups is 1. The highest BCUT2D eigenvalue weighted by Crippen LogP contribution is 2.31. The van der Waals surface area contributed by atoms with E-state index >= 15 is 0 Å². The predicted molar refractivity (Wildman–Crippen MR) is 105 cm³/mol. The third kappa shape index (κ3) is 4.41. The van der Waals surface area contributed by atoms with Crippen LogP contribution in [0.5, 0.6) is 5.75 Å². The molecular weight excluding hydrogens is 406 g/mol. The van der Waals surface area contributed by atoms with Gasteiger partial charge in [-0.15, -0.1) is 11.8 Å². The minimum atomic E-state index is -1.39. The lowest BCUT2D eigenvalue weighted by Gasteiger charge is -2.26. The number of benzene rings is 1. The fourth-order valence-electron chi connectivity index (χ4n) is 2.90. The van der Waals surface area contributed by atoms with Crippen LogP contribution in [0.1, 0.15) is 0 Å². The zero-order valence-electron chi connectivity index (χ0n) is 14.8. The summed E-state index contributed by atoms with van der Waals surface area (Å²) < 4.78 is 11.4. The number of nitrogens with zero attached hydrogens (tertiary/aromatic N) is 4. The van der Waals surface area contributed by atoms with E-state index in [1.54, 1.807) is 11.8 Å². The zero-order valence-corrected chi connectivity index (χ0v) is 16.4. The SMILES string of the molecule is O=C(O)Oc1cnn(-c2nc3cc(SCCN4CCOCC4)c(Cl)cc3[nH]2)c1. The van der Waals surface area contributed by atoms with Gasteiger partial charge in [0, 0.05) is 30.3 Å². The molecule has 1 aliphatic heterocycles. The molecule has 3 heterocycles. The Kier molecular flexibility index (Phi) is 5.72. The van der Waals surface area contributed by atoms with Gasteiger partial charge >= 0.3 is 6.16 Å². The van der Waals surface area contributed by atoms with Gasteiger partial charge in [0.2, 0.25) is 5.95 Å². The normalized spacial score (nSPS) is 15.2. The highest BCUT2D eigenvalue weighted by Gasteiger charge is 2.13. The summed E-state index contributed by atoms with van der Waals surface area (Å²) in [5.74, 6) is 1.49. The highest BCUT2D eigenvalue weighted by molar-refractivity contribution is 7.99. The molecule has 2 aromatic heterocycles. The van der Waals surface area contributed by atoms with E-state index in [2.05, 4.69) is 24.7 Å². The molecule has 0 amide bonds. The summed E-state index contributed by atoms with van der Waals surface area (Å²) >= 11 is 8.13. The van der Waals surface area contributed by atoms with Gasteiger partial charge in [-0.05, 0) is 12.1 Å². The monoisotopic (exact) mass is 423 g/mol. The minimum Gasteiger partial charge on any atom is -0.449 e. The molecule has 3 aromatic rings. The van der Waals surface area contributed by atoms with Crippen LogP contribution in [-0.4, -0.2) is 74.5 Å². The molecule has 1 aliphatic rings. The number of morpholine rings is 1. The fourth-order valence-corrected chi connectivity index (χ4v) is 4.19. The van der Waals surface area contributed by atoms with Crippen LogP contribution in [0.25, 0.3) is 17.0 Å². The quantitative estimate of drug-likeness (QED) is 0.460. The molecule has 0 aliphatic carbocycles. The van der Waals surface area contributed by atoms with E-state index in [-0.39, 0.29) is 5.75 Å². The number of aromatic nitrogens is 4. The van der Waals surface area contributed by atoms with Crippen molar-refractivity contribution in [3.63, 3.8) is 0 Å². The van der Waals surface area contributed by atoms with Crippen LogP contribution < -0.4 is 4.74 Å². The lowest BCUT2D eigenvalue weighted by atomic mass is 10.3. The number of nitrogens with one attached hydrogen (secondary N) is 1. The lowest BCUT2D eigenvalue weighted by Crippen LogP contribution is -2.37. The van der Waals surface area contributed by atoms with Crippen molar-refractivity contribution in [1.29, 1.82) is 0 Å². The molecule has 0 radical (unpaired) electrons. The van der Waals surface area contributed by atoms with Crippen LogP contribution in [-0.2, 0) is 4.74 Å². The van der Waals surface area contributed by atoms with E-state index in [0.29, 0.717) is 11.0 Å². The first-order valence-corrected chi connectivity index (χ1v) is 10.0. The number of halogens is 1. The Morgan fingerprint density at radius 2 is 2.21 bits per heavy atom. The second kappa shape index (κ2) is 8.39. The molecule has 9 nitrogen and oxygen atoms in total. The third-order valence-electron chi connectivity index (χ3n) is 4.27. The van der Waals surface area contributed by atoms with E-state index in [9.17, 15) is 4.79 Å². The second-order valence-electron chi connectivity index (χ2n) is 6.15. The Labute approximate surface area is 169 Å². The highest BCUT2D eigenvalue weighted by atomic mass is 35.5. The molecule has 0 atom stereocenters. The van der Waals surface area contributed by atoms with Gasteiger partial charge in [-0.25, -0.2) is 14.5 Å². The number of carboxylic acid groups (broad SMARTS) is 1. The average molecular weight is 424 g/mol. The van der Waals surface area contributed by atoms with Gasteiger partial charge in [0.05, 0.1) is 41.7 Å². The number of carbonyl (C=O) groups is 1. The zero-order chi connectivity index (χ0) is 19.5. The van der Waals surface area contributed by atoms with Gasteiger partial charge in [0.25, 0.3) is 0 Å². The van der Waals surface area contributed by atoms with Gasteiger partial charge in [-0.1, -0.05) is 11.6 Å². The summed E-state index contributed by atoms with van der Waals surface area (Å²) in [5.41, 5.74) is 1.53. The Morgan fingerprint density at radius 1 is 1.39 bits per heavy atom. The number of hydrogen-bond acceptors (Lipinski definition) is 7.